The standard InChI is InChI=1S/C9H16N2O2.C5H12.C2H6/c1-4-5-9(10-13)8(2)11(3)6-7-12;1-5(2,3)4;1-2/h4-5,12H,6-7H2,1-3H3;1-4H3;1-2H3/b5-4-,9-8+;;. The minimum Gasteiger partial charge on any atom is -0.395 e. The topological polar surface area (TPSA) is 52.9 Å². The smallest absolute Gasteiger partial charge is 0.126 e. The number of aliphatic hydroxyl groups is 1. The molecule has 0 saturated carbocycles. The van der Waals surface area contributed by atoms with E-state index >= 15 is 0 Å². The van der Waals surface area contributed by atoms with Crippen LogP contribution in [0.4, 0.5) is 0 Å². The van der Waals surface area contributed by atoms with Crippen molar-refractivity contribution in [2.75, 3.05) is 20.2 Å². The Balaban J connectivity index is -0.000000346. The number of likely N-dealkylation sites (N-methyl/N-ethyl adjacent to an activating group) is 1. The van der Waals surface area contributed by atoms with Gasteiger partial charge in [-0.15, -0.1) is 4.91 Å². The minimum absolute atomic E-state index is 0.0653. The Morgan fingerprint density at radius 1 is 1.25 bits per heavy atom. The zero-order valence-electron chi connectivity index (χ0n) is 14.8. The molecule has 1 N–H and O–H groups in total. The number of aliphatic hydroxyl groups excluding tert-OH is 1. The fourth-order valence-electron chi connectivity index (χ4n) is 0.888. The van der Waals surface area contributed by atoms with Crippen LogP contribution in [0.2, 0.25) is 0 Å². The van der Waals surface area contributed by atoms with Gasteiger partial charge in [-0.1, -0.05) is 47.6 Å². The van der Waals surface area contributed by atoms with Gasteiger partial charge in [0.15, 0.2) is 0 Å². The largest absolute Gasteiger partial charge is 0.395 e. The van der Waals surface area contributed by atoms with Gasteiger partial charge in [0, 0.05) is 19.3 Å². The van der Waals surface area contributed by atoms with E-state index in [2.05, 4.69) is 32.9 Å². The van der Waals surface area contributed by atoms with Gasteiger partial charge >= 0.3 is 0 Å². The lowest BCUT2D eigenvalue weighted by atomic mass is 10.0. The highest BCUT2D eigenvalue weighted by molar-refractivity contribution is 5.21. The Morgan fingerprint density at radius 3 is 1.90 bits per heavy atom. The maximum Gasteiger partial charge on any atom is 0.126 e. The molecule has 0 aliphatic heterocycles. The lowest BCUT2D eigenvalue weighted by Crippen LogP contribution is -2.20. The van der Waals surface area contributed by atoms with Gasteiger partial charge in [-0.3, -0.25) is 0 Å². The van der Waals surface area contributed by atoms with Crippen LogP contribution in [0.1, 0.15) is 55.4 Å². The molecular formula is C16H34N2O2. The monoisotopic (exact) mass is 286 g/mol. The molecule has 20 heavy (non-hydrogen) atoms. The first-order valence-corrected chi connectivity index (χ1v) is 7.16. The predicted molar refractivity (Wildman–Crippen MR) is 89.5 cm³/mol. The summed E-state index contributed by atoms with van der Waals surface area (Å²) in [5.41, 5.74) is 1.67. The molecule has 0 aliphatic carbocycles. The summed E-state index contributed by atoms with van der Waals surface area (Å²) in [4.78, 5) is 12.2. The van der Waals surface area contributed by atoms with Gasteiger partial charge in [-0.05, 0) is 30.5 Å². The number of hydrogen-bond donors (Lipinski definition) is 1. The second kappa shape index (κ2) is 14.3. The number of allylic oxidation sites excluding steroid dienone is 3. The van der Waals surface area contributed by atoms with E-state index in [1.54, 1.807) is 31.0 Å². The first-order valence-electron chi connectivity index (χ1n) is 7.16. The molecule has 0 saturated heterocycles. The quantitative estimate of drug-likeness (QED) is 0.595. The fourth-order valence-corrected chi connectivity index (χ4v) is 0.888. The molecule has 0 heterocycles. The molecule has 0 atom stereocenters. The third-order valence-electron chi connectivity index (χ3n) is 1.80. The van der Waals surface area contributed by atoms with E-state index in [9.17, 15) is 4.91 Å². The van der Waals surface area contributed by atoms with Crippen molar-refractivity contribution in [3.05, 3.63) is 28.5 Å². The van der Waals surface area contributed by atoms with Crippen molar-refractivity contribution in [2.45, 2.75) is 55.4 Å². The van der Waals surface area contributed by atoms with E-state index < -0.39 is 0 Å². The van der Waals surface area contributed by atoms with Gasteiger partial charge < -0.3 is 10.0 Å². The second-order valence-corrected chi connectivity index (χ2v) is 5.71. The molecule has 0 aliphatic rings. The summed E-state index contributed by atoms with van der Waals surface area (Å²) in [7, 11) is 1.81. The van der Waals surface area contributed by atoms with Crippen molar-refractivity contribution >= 4 is 0 Å². The summed E-state index contributed by atoms with van der Waals surface area (Å²) in [6, 6.07) is 0. The predicted octanol–water partition coefficient (Wildman–Crippen LogP) is 4.56. The van der Waals surface area contributed by atoms with Gasteiger partial charge in [0.25, 0.3) is 0 Å². The second-order valence-electron chi connectivity index (χ2n) is 5.71. The maximum atomic E-state index is 10.4. The van der Waals surface area contributed by atoms with Crippen LogP contribution in [0, 0.1) is 10.3 Å². The molecule has 4 heteroatoms. The van der Waals surface area contributed by atoms with Crippen molar-refractivity contribution in [1.29, 1.82) is 0 Å². The van der Waals surface area contributed by atoms with E-state index in [1.807, 2.05) is 20.8 Å². The van der Waals surface area contributed by atoms with Gasteiger partial charge in [0.2, 0.25) is 0 Å². The average molecular weight is 286 g/mol. The van der Waals surface area contributed by atoms with E-state index in [1.165, 1.54) is 0 Å². The fraction of sp³-hybridized carbons (Fsp3) is 0.750. The number of hydrogen-bond acceptors (Lipinski definition) is 4. The summed E-state index contributed by atoms with van der Waals surface area (Å²) >= 11 is 0. The summed E-state index contributed by atoms with van der Waals surface area (Å²) in [6.07, 6.45) is 3.41. The lowest BCUT2D eigenvalue weighted by molar-refractivity contribution is 0.245. The first-order chi connectivity index (χ1) is 9.17. The van der Waals surface area contributed by atoms with Gasteiger partial charge in [0.05, 0.1) is 6.61 Å². The highest BCUT2D eigenvalue weighted by Crippen LogP contribution is 2.10. The molecule has 0 aromatic rings. The Bertz CT molecular complexity index is 283. The molecule has 0 spiro atoms. The highest BCUT2D eigenvalue weighted by Gasteiger charge is 2.03. The number of nitroso groups, excluding NO2 is 1. The average Bonchev–Trinajstić information content (AvgIpc) is 2.36. The zero-order valence-corrected chi connectivity index (χ0v) is 14.8. The summed E-state index contributed by atoms with van der Waals surface area (Å²) in [5, 5.41) is 11.6. The SMILES string of the molecule is C/C=C\C(N=O)=C(\C)N(C)CCO.CC.CC(C)(C)C. The normalized spacial score (nSPS) is 11.7. The van der Waals surface area contributed by atoms with Crippen molar-refractivity contribution in [3.63, 3.8) is 0 Å². The zero-order chi connectivity index (χ0) is 16.8. The van der Waals surface area contributed by atoms with Crippen molar-refractivity contribution in [3.8, 4) is 0 Å². The Hall–Kier alpha value is -1.16. The Labute approximate surface area is 125 Å². The van der Waals surface area contributed by atoms with Crippen LogP contribution in [0.5, 0.6) is 0 Å². The first kappa shape index (κ1) is 23.9. The number of nitrogens with zero attached hydrogens (tertiary/aromatic N) is 2. The molecular weight excluding hydrogens is 252 g/mol. The van der Waals surface area contributed by atoms with Crippen molar-refractivity contribution in [2.24, 2.45) is 10.6 Å². The van der Waals surface area contributed by atoms with E-state index in [-0.39, 0.29) is 6.61 Å². The van der Waals surface area contributed by atoms with Gasteiger partial charge in [-0.25, -0.2) is 0 Å². The van der Waals surface area contributed by atoms with Crippen molar-refractivity contribution < 1.29 is 5.11 Å². The molecule has 0 bridgehead atoms. The molecule has 120 valence electrons. The molecule has 0 amide bonds. The third kappa shape index (κ3) is 19.2. The molecule has 0 rings (SSSR count). The lowest BCUT2D eigenvalue weighted by Gasteiger charge is -2.18. The summed E-state index contributed by atoms with van der Waals surface area (Å²) in [5.74, 6) is 0. The summed E-state index contributed by atoms with van der Waals surface area (Å²) in [6.45, 7) is 16.9. The molecule has 0 aromatic heterocycles. The van der Waals surface area contributed by atoms with Crippen LogP contribution in [0.3, 0.4) is 0 Å². The Kier molecular flexibility index (Phi) is 17.0. The molecule has 0 fully saturated rings. The van der Waals surface area contributed by atoms with Gasteiger partial charge in [0.1, 0.15) is 5.70 Å². The molecule has 0 radical (unpaired) electrons. The summed E-state index contributed by atoms with van der Waals surface area (Å²) < 4.78 is 0. The van der Waals surface area contributed by atoms with Crippen LogP contribution < -0.4 is 0 Å². The highest BCUT2D eigenvalue weighted by atomic mass is 16.3. The van der Waals surface area contributed by atoms with Crippen LogP contribution in [0.15, 0.2) is 28.7 Å². The molecule has 0 aromatic carbocycles. The van der Waals surface area contributed by atoms with Crippen molar-refractivity contribution in [1.82, 2.24) is 4.90 Å². The van der Waals surface area contributed by atoms with E-state index in [0.717, 1.165) is 5.70 Å². The molecule has 0 unspecified atom stereocenters. The maximum absolute atomic E-state index is 10.4. The van der Waals surface area contributed by atoms with Crippen LogP contribution in [-0.2, 0) is 0 Å². The number of rotatable bonds is 5. The third-order valence-corrected chi connectivity index (χ3v) is 1.80. The minimum atomic E-state index is 0.0653. The van der Waals surface area contributed by atoms with E-state index in [4.69, 9.17) is 5.11 Å². The van der Waals surface area contributed by atoms with Crippen LogP contribution in [0.25, 0.3) is 0 Å². The Morgan fingerprint density at radius 2 is 1.65 bits per heavy atom. The van der Waals surface area contributed by atoms with E-state index in [0.29, 0.717) is 17.7 Å². The van der Waals surface area contributed by atoms with Crippen LogP contribution in [-0.4, -0.2) is 30.2 Å². The van der Waals surface area contributed by atoms with Gasteiger partial charge in [-0.2, -0.15) is 0 Å². The molecule has 4 nitrogen and oxygen atoms in total. The van der Waals surface area contributed by atoms with Crippen LogP contribution >= 0.6 is 0 Å².